The molecule has 0 fully saturated rings. The summed E-state index contributed by atoms with van der Waals surface area (Å²) in [5, 5.41) is 13.9. The van der Waals surface area contributed by atoms with E-state index in [1.54, 1.807) is 6.92 Å². The molecule has 0 aliphatic heterocycles. The lowest BCUT2D eigenvalue weighted by molar-refractivity contribution is 0.190. The molecule has 1 aromatic carbocycles. The third-order valence-electron chi connectivity index (χ3n) is 1.66. The molecule has 2 amide bonds. The molecular formula is C10H13FN2O2. The third kappa shape index (κ3) is 4.42. The Morgan fingerprint density at radius 2 is 2.07 bits per heavy atom. The molecule has 0 spiro atoms. The standard InChI is InChI=1S/C10H13FN2O2/c1-7(14)6-12-10(15)13-9-4-2-8(11)3-5-9/h2-5,7,14H,6H2,1H3,(H2,12,13,15)/t7-/m1/s1. The number of hydrogen-bond acceptors (Lipinski definition) is 2. The highest BCUT2D eigenvalue weighted by Crippen LogP contribution is 2.07. The van der Waals surface area contributed by atoms with Crippen LogP contribution in [0.1, 0.15) is 6.92 Å². The van der Waals surface area contributed by atoms with E-state index in [2.05, 4.69) is 10.6 Å². The normalized spacial score (nSPS) is 11.9. The molecule has 0 aliphatic rings. The molecule has 15 heavy (non-hydrogen) atoms. The Hall–Kier alpha value is -1.62. The van der Waals surface area contributed by atoms with Gasteiger partial charge < -0.3 is 15.7 Å². The number of nitrogens with one attached hydrogen (secondary N) is 2. The first kappa shape index (κ1) is 11.5. The van der Waals surface area contributed by atoms with Crippen LogP contribution in [0.3, 0.4) is 0 Å². The first-order valence-corrected chi connectivity index (χ1v) is 4.56. The summed E-state index contributed by atoms with van der Waals surface area (Å²) in [6, 6.07) is 4.99. The molecular weight excluding hydrogens is 199 g/mol. The number of amides is 2. The Morgan fingerprint density at radius 3 is 2.60 bits per heavy atom. The lowest BCUT2D eigenvalue weighted by Crippen LogP contribution is -2.34. The zero-order valence-electron chi connectivity index (χ0n) is 8.33. The van der Waals surface area contributed by atoms with E-state index in [0.29, 0.717) is 5.69 Å². The van der Waals surface area contributed by atoms with Crippen LogP contribution >= 0.6 is 0 Å². The van der Waals surface area contributed by atoms with Gasteiger partial charge in [0, 0.05) is 12.2 Å². The van der Waals surface area contributed by atoms with Crippen LogP contribution in [-0.2, 0) is 0 Å². The van der Waals surface area contributed by atoms with Crippen molar-refractivity contribution in [2.45, 2.75) is 13.0 Å². The van der Waals surface area contributed by atoms with Crippen molar-refractivity contribution >= 4 is 11.7 Å². The molecule has 0 saturated carbocycles. The van der Waals surface area contributed by atoms with Gasteiger partial charge in [0.2, 0.25) is 0 Å². The van der Waals surface area contributed by atoms with E-state index in [4.69, 9.17) is 5.11 Å². The second-order valence-corrected chi connectivity index (χ2v) is 3.19. The maximum atomic E-state index is 12.5. The summed E-state index contributed by atoms with van der Waals surface area (Å²) in [4.78, 5) is 11.2. The summed E-state index contributed by atoms with van der Waals surface area (Å²) in [5.74, 6) is -0.357. The van der Waals surface area contributed by atoms with E-state index in [-0.39, 0.29) is 12.4 Å². The van der Waals surface area contributed by atoms with Crippen LogP contribution in [0.2, 0.25) is 0 Å². The number of aliphatic hydroxyl groups is 1. The number of carbonyl (C=O) groups is 1. The van der Waals surface area contributed by atoms with Crippen molar-refractivity contribution in [3.63, 3.8) is 0 Å². The number of aliphatic hydroxyl groups excluding tert-OH is 1. The van der Waals surface area contributed by atoms with Gasteiger partial charge in [-0.3, -0.25) is 0 Å². The van der Waals surface area contributed by atoms with Gasteiger partial charge in [-0.05, 0) is 31.2 Å². The topological polar surface area (TPSA) is 61.4 Å². The van der Waals surface area contributed by atoms with E-state index < -0.39 is 12.1 Å². The van der Waals surface area contributed by atoms with Gasteiger partial charge in [0.25, 0.3) is 0 Å². The van der Waals surface area contributed by atoms with Gasteiger partial charge in [-0.25, -0.2) is 9.18 Å². The molecule has 0 heterocycles. The average Bonchev–Trinajstić information content (AvgIpc) is 2.19. The maximum absolute atomic E-state index is 12.5. The molecule has 0 saturated heterocycles. The summed E-state index contributed by atoms with van der Waals surface area (Å²) < 4.78 is 12.5. The Labute approximate surface area is 87.1 Å². The highest BCUT2D eigenvalue weighted by molar-refractivity contribution is 5.89. The molecule has 1 aromatic rings. The molecule has 0 radical (unpaired) electrons. The van der Waals surface area contributed by atoms with E-state index in [1.165, 1.54) is 24.3 Å². The van der Waals surface area contributed by atoms with E-state index >= 15 is 0 Å². The predicted octanol–water partition coefficient (Wildman–Crippen LogP) is 1.33. The minimum Gasteiger partial charge on any atom is -0.392 e. The fourth-order valence-corrected chi connectivity index (χ4v) is 0.949. The maximum Gasteiger partial charge on any atom is 0.319 e. The molecule has 3 N–H and O–H groups in total. The molecule has 4 nitrogen and oxygen atoms in total. The molecule has 0 bridgehead atoms. The van der Waals surface area contributed by atoms with Gasteiger partial charge in [-0.2, -0.15) is 0 Å². The van der Waals surface area contributed by atoms with E-state index in [9.17, 15) is 9.18 Å². The number of rotatable bonds is 3. The van der Waals surface area contributed by atoms with Gasteiger partial charge in [-0.1, -0.05) is 0 Å². The number of benzene rings is 1. The van der Waals surface area contributed by atoms with Crippen LogP contribution in [-0.4, -0.2) is 23.8 Å². The summed E-state index contributed by atoms with van der Waals surface area (Å²) in [6.45, 7) is 1.74. The highest BCUT2D eigenvalue weighted by atomic mass is 19.1. The molecule has 0 unspecified atom stereocenters. The Kier molecular flexibility index (Phi) is 4.05. The molecule has 1 atom stereocenters. The quantitative estimate of drug-likeness (QED) is 0.707. The van der Waals surface area contributed by atoms with Gasteiger partial charge in [0.1, 0.15) is 5.82 Å². The zero-order valence-corrected chi connectivity index (χ0v) is 8.33. The largest absolute Gasteiger partial charge is 0.392 e. The van der Waals surface area contributed by atoms with Crippen molar-refractivity contribution in [2.75, 3.05) is 11.9 Å². The first-order valence-electron chi connectivity index (χ1n) is 4.56. The van der Waals surface area contributed by atoms with Crippen molar-refractivity contribution in [2.24, 2.45) is 0 Å². The Balaban J connectivity index is 2.41. The number of anilines is 1. The molecule has 0 aromatic heterocycles. The van der Waals surface area contributed by atoms with Crippen molar-refractivity contribution in [3.05, 3.63) is 30.1 Å². The lowest BCUT2D eigenvalue weighted by Gasteiger charge is -2.08. The lowest BCUT2D eigenvalue weighted by atomic mass is 10.3. The smallest absolute Gasteiger partial charge is 0.319 e. The molecule has 82 valence electrons. The summed E-state index contributed by atoms with van der Waals surface area (Å²) >= 11 is 0. The molecule has 1 rings (SSSR count). The van der Waals surface area contributed by atoms with Gasteiger partial charge in [0.05, 0.1) is 6.10 Å². The first-order chi connectivity index (χ1) is 7.08. The number of halogens is 1. The highest BCUT2D eigenvalue weighted by Gasteiger charge is 2.02. The van der Waals surface area contributed by atoms with Crippen LogP contribution in [0.15, 0.2) is 24.3 Å². The minimum atomic E-state index is -0.594. The van der Waals surface area contributed by atoms with Crippen LogP contribution in [0.5, 0.6) is 0 Å². The fraction of sp³-hybridized carbons (Fsp3) is 0.300. The van der Waals surface area contributed by atoms with Crippen molar-refractivity contribution in [3.8, 4) is 0 Å². The second kappa shape index (κ2) is 5.31. The fourth-order valence-electron chi connectivity index (χ4n) is 0.949. The van der Waals surface area contributed by atoms with Crippen LogP contribution < -0.4 is 10.6 Å². The minimum absolute atomic E-state index is 0.174. The molecule has 0 aliphatic carbocycles. The number of hydrogen-bond donors (Lipinski definition) is 3. The summed E-state index contributed by atoms with van der Waals surface area (Å²) in [5.41, 5.74) is 0.500. The Morgan fingerprint density at radius 1 is 1.47 bits per heavy atom. The van der Waals surface area contributed by atoms with Crippen molar-refractivity contribution in [1.29, 1.82) is 0 Å². The number of urea groups is 1. The van der Waals surface area contributed by atoms with Crippen molar-refractivity contribution < 1.29 is 14.3 Å². The average molecular weight is 212 g/mol. The van der Waals surface area contributed by atoms with Gasteiger partial charge in [0.15, 0.2) is 0 Å². The predicted molar refractivity (Wildman–Crippen MR) is 55.1 cm³/mol. The van der Waals surface area contributed by atoms with Crippen LogP contribution in [0.25, 0.3) is 0 Å². The monoisotopic (exact) mass is 212 g/mol. The zero-order chi connectivity index (χ0) is 11.3. The third-order valence-corrected chi connectivity index (χ3v) is 1.66. The molecule has 5 heteroatoms. The van der Waals surface area contributed by atoms with Gasteiger partial charge in [-0.15, -0.1) is 0 Å². The van der Waals surface area contributed by atoms with Gasteiger partial charge >= 0.3 is 6.03 Å². The van der Waals surface area contributed by atoms with Crippen LogP contribution in [0.4, 0.5) is 14.9 Å². The van der Waals surface area contributed by atoms with E-state index in [1.807, 2.05) is 0 Å². The van der Waals surface area contributed by atoms with Crippen LogP contribution in [0, 0.1) is 5.82 Å². The summed E-state index contributed by atoms with van der Waals surface area (Å²) in [6.07, 6.45) is -0.594. The summed E-state index contributed by atoms with van der Waals surface area (Å²) in [7, 11) is 0. The van der Waals surface area contributed by atoms with E-state index in [0.717, 1.165) is 0 Å². The van der Waals surface area contributed by atoms with Crippen molar-refractivity contribution in [1.82, 2.24) is 5.32 Å². The SMILES string of the molecule is C[C@@H](O)CNC(=O)Nc1ccc(F)cc1. The number of carbonyl (C=O) groups excluding carboxylic acids is 1. The Bertz CT molecular complexity index is 325. The second-order valence-electron chi connectivity index (χ2n) is 3.19.